The van der Waals surface area contributed by atoms with E-state index in [0.717, 1.165) is 37.0 Å². The number of rotatable bonds is 2. The summed E-state index contributed by atoms with van der Waals surface area (Å²) in [7, 11) is 0. The van der Waals surface area contributed by atoms with Gasteiger partial charge in [0, 0.05) is 10.9 Å². The van der Waals surface area contributed by atoms with E-state index in [1.165, 1.54) is 5.56 Å². The summed E-state index contributed by atoms with van der Waals surface area (Å²) in [5.41, 5.74) is 1.33. The van der Waals surface area contributed by atoms with Gasteiger partial charge in [0.25, 0.3) is 0 Å². The zero-order chi connectivity index (χ0) is 10.7. The third-order valence-electron chi connectivity index (χ3n) is 3.28. The van der Waals surface area contributed by atoms with Crippen molar-refractivity contribution in [3.8, 4) is 0 Å². The van der Waals surface area contributed by atoms with Gasteiger partial charge in [0.1, 0.15) is 6.29 Å². The van der Waals surface area contributed by atoms with Crippen LogP contribution in [0.1, 0.15) is 37.2 Å². The molecule has 3 heteroatoms. The first kappa shape index (κ1) is 13.5. The summed E-state index contributed by atoms with van der Waals surface area (Å²) in [5.74, 6) is 0.889. The molecule has 1 nitrogen and oxygen atoms in total. The van der Waals surface area contributed by atoms with Gasteiger partial charge < -0.3 is 4.79 Å². The third kappa shape index (κ3) is 3.23. The van der Waals surface area contributed by atoms with E-state index in [2.05, 4.69) is 6.07 Å². The molecule has 0 saturated heterocycles. The van der Waals surface area contributed by atoms with E-state index in [0.29, 0.717) is 11.8 Å². The Morgan fingerprint density at radius 2 is 1.88 bits per heavy atom. The van der Waals surface area contributed by atoms with Crippen LogP contribution in [0.15, 0.2) is 24.3 Å². The molecule has 1 fully saturated rings. The molecular formula is C13H16Cl2O. The van der Waals surface area contributed by atoms with Crippen LogP contribution in [0.25, 0.3) is 0 Å². The summed E-state index contributed by atoms with van der Waals surface area (Å²) in [6, 6.07) is 8.09. The number of hydrogen-bond acceptors (Lipinski definition) is 1. The van der Waals surface area contributed by atoms with Gasteiger partial charge in [-0.2, -0.15) is 0 Å². The average molecular weight is 259 g/mol. The van der Waals surface area contributed by atoms with Crippen LogP contribution in [0.3, 0.4) is 0 Å². The van der Waals surface area contributed by atoms with Crippen LogP contribution in [0, 0.1) is 5.92 Å². The highest BCUT2D eigenvalue weighted by molar-refractivity contribution is 6.30. The van der Waals surface area contributed by atoms with Crippen molar-refractivity contribution in [3.63, 3.8) is 0 Å². The van der Waals surface area contributed by atoms with E-state index >= 15 is 0 Å². The van der Waals surface area contributed by atoms with Crippen molar-refractivity contribution in [2.24, 2.45) is 5.92 Å². The molecule has 1 aliphatic rings. The van der Waals surface area contributed by atoms with Crippen molar-refractivity contribution in [1.82, 2.24) is 0 Å². The van der Waals surface area contributed by atoms with Gasteiger partial charge in [-0.1, -0.05) is 23.7 Å². The number of halogens is 2. The Kier molecular flexibility index (Phi) is 5.30. The van der Waals surface area contributed by atoms with Crippen molar-refractivity contribution in [2.45, 2.75) is 31.6 Å². The summed E-state index contributed by atoms with van der Waals surface area (Å²) >= 11 is 5.96. The first-order valence-corrected chi connectivity index (χ1v) is 5.88. The maximum Gasteiger partial charge on any atom is 0.123 e. The van der Waals surface area contributed by atoms with Gasteiger partial charge in [-0.05, 0) is 49.3 Å². The molecule has 0 aromatic heterocycles. The average Bonchev–Trinajstić information content (AvgIpc) is 2.29. The van der Waals surface area contributed by atoms with E-state index < -0.39 is 0 Å². The van der Waals surface area contributed by atoms with Crippen LogP contribution in [0.5, 0.6) is 0 Å². The van der Waals surface area contributed by atoms with E-state index in [1.54, 1.807) is 0 Å². The van der Waals surface area contributed by atoms with Gasteiger partial charge in [0.2, 0.25) is 0 Å². The van der Waals surface area contributed by atoms with Crippen molar-refractivity contribution in [2.75, 3.05) is 0 Å². The molecule has 1 saturated carbocycles. The fraction of sp³-hybridized carbons (Fsp3) is 0.462. The van der Waals surface area contributed by atoms with Gasteiger partial charge in [0.15, 0.2) is 0 Å². The molecule has 0 N–H and O–H groups in total. The highest BCUT2D eigenvalue weighted by atomic mass is 35.5. The van der Waals surface area contributed by atoms with Gasteiger partial charge in [-0.3, -0.25) is 0 Å². The van der Waals surface area contributed by atoms with Crippen LogP contribution >= 0.6 is 24.0 Å². The standard InChI is InChI=1S/C13H15ClO.ClH/c14-13-3-1-2-12(8-13)11-6-4-10(9-15)5-7-11;/h1-3,8-11H,4-7H2;1H. The Bertz CT molecular complexity index is 344. The lowest BCUT2D eigenvalue weighted by Gasteiger charge is -2.25. The minimum atomic E-state index is 0. The Morgan fingerprint density at radius 3 is 2.44 bits per heavy atom. The van der Waals surface area contributed by atoms with Crippen LogP contribution < -0.4 is 0 Å². The van der Waals surface area contributed by atoms with Gasteiger partial charge in [-0.25, -0.2) is 0 Å². The Morgan fingerprint density at radius 1 is 1.19 bits per heavy atom. The van der Waals surface area contributed by atoms with Gasteiger partial charge in [0.05, 0.1) is 0 Å². The predicted molar refractivity (Wildman–Crippen MR) is 69.5 cm³/mol. The largest absolute Gasteiger partial charge is 0.303 e. The normalized spacial score (nSPS) is 24.6. The van der Waals surface area contributed by atoms with Crippen LogP contribution in [-0.4, -0.2) is 6.29 Å². The van der Waals surface area contributed by atoms with E-state index in [4.69, 9.17) is 11.6 Å². The Balaban J connectivity index is 0.00000128. The molecule has 1 aromatic carbocycles. The molecule has 0 bridgehead atoms. The van der Waals surface area contributed by atoms with Gasteiger partial charge in [-0.15, -0.1) is 12.4 Å². The first-order valence-electron chi connectivity index (χ1n) is 5.50. The molecule has 88 valence electrons. The lowest BCUT2D eigenvalue weighted by Crippen LogP contribution is -2.14. The number of benzene rings is 1. The second-order valence-corrected chi connectivity index (χ2v) is 4.74. The fourth-order valence-electron chi connectivity index (χ4n) is 2.35. The number of aldehydes is 1. The van der Waals surface area contributed by atoms with E-state index in [-0.39, 0.29) is 12.4 Å². The van der Waals surface area contributed by atoms with Crippen molar-refractivity contribution >= 4 is 30.3 Å². The molecular weight excluding hydrogens is 243 g/mol. The molecule has 0 aliphatic heterocycles. The SMILES string of the molecule is Cl.O=CC1CCC(c2cccc(Cl)c2)CC1. The Hall–Kier alpha value is -0.530. The second kappa shape index (κ2) is 6.27. The second-order valence-electron chi connectivity index (χ2n) is 4.30. The molecule has 2 rings (SSSR count). The van der Waals surface area contributed by atoms with Gasteiger partial charge >= 0.3 is 0 Å². The maximum absolute atomic E-state index is 10.6. The summed E-state index contributed by atoms with van der Waals surface area (Å²) in [6.07, 6.45) is 5.39. The maximum atomic E-state index is 10.6. The fourth-order valence-corrected chi connectivity index (χ4v) is 2.55. The number of carbonyl (C=O) groups excluding carboxylic acids is 1. The smallest absolute Gasteiger partial charge is 0.123 e. The topological polar surface area (TPSA) is 17.1 Å². The van der Waals surface area contributed by atoms with Crippen LogP contribution in [-0.2, 0) is 4.79 Å². The minimum Gasteiger partial charge on any atom is -0.303 e. The number of carbonyl (C=O) groups is 1. The summed E-state index contributed by atoms with van der Waals surface area (Å²) < 4.78 is 0. The molecule has 0 heterocycles. The monoisotopic (exact) mass is 258 g/mol. The molecule has 0 spiro atoms. The van der Waals surface area contributed by atoms with E-state index in [9.17, 15) is 4.79 Å². The molecule has 1 aliphatic carbocycles. The highest BCUT2D eigenvalue weighted by Crippen LogP contribution is 2.35. The quantitative estimate of drug-likeness (QED) is 0.726. The molecule has 0 radical (unpaired) electrons. The minimum absolute atomic E-state index is 0. The summed E-state index contributed by atoms with van der Waals surface area (Å²) in [4.78, 5) is 10.6. The highest BCUT2D eigenvalue weighted by Gasteiger charge is 2.21. The number of hydrogen-bond donors (Lipinski definition) is 0. The van der Waals surface area contributed by atoms with E-state index in [1.807, 2.05) is 18.2 Å². The van der Waals surface area contributed by atoms with Crippen molar-refractivity contribution < 1.29 is 4.79 Å². The van der Waals surface area contributed by atoms with Crippen molar-refractivity contribution in [1.29, 1.82) is 0 Å². The Labute approximate surface area is 108 Å². The summed E-state index contributed by atoms with van der Waals surface area (Å²) in [5, 5.41) is 0.810. The zero-order valence-corrected chi connectivity index (χ0v) is 10.6. The van der Waals surface area contributed by atoms with Crippen molar-refractivity contribution in [3.05, 3.63) is 34.9 Å². The molecule has 16 heavy (non-hydrogen) atoms. The first-order chi connectivity index (χ1) is 7.29. The van der Waals surface area contributed by atoms with Crippen LogP contribution in [0.4, 0.5) is 0 Å². The van der Waals surface area contributed by atoms with Crippen LogP contribution in [0.2, 0.25) is 5.02 Å². The third-order valence-corrected chi connectivity index (χ3v) is 3.52. The lowest BCUT2D eigenvalue weighted by molar-refractivity contribution is -0.111. The zero-order valence-electron chi connectivity index (χ0n) is 9.06. The molecule has 0 unspecified atom stereocenters. The molecule has 0 atom stereocenters. The molecule has 0 amide bonds. The molecule has 1 aromatic rings. The predicted octanol–water partition coefficient (Wildman–Crippen LogP) is 4.23. The summed E-state index contributed by atoms with van der Waals surface area (Å²) in [6.45, 7) is 0. The lowest BCUT2D eigenvalue weighted by atomic mass is 9.79.